The van der Waals surface area contributed by atoms with E-state index in [1.807, 2.05) is 6.07 Å². The van der Waals surface area contributed by atoms with Crippen molar-refractivity contribution in [2.45, 2.75) is 38.8 Å². The summed E-state index contributed by atoms with van der Waals surface area (Å²) in [6.45, 7) is 4.49. The molecule has 0 aliphatic rings. The lowest BCUT2D eigenvalue weighted by atomic mass is 9.95. The van der Waals surface area contributed by atoms with Gasteiger partial charge in [0.15, 0.2) is 0 Å². The fraction of sp³-hybridized carbons (Fsp3) is 0.429. The van der Waals surface area contributed by atoms with Crippen molar-refractivity contribution >= 4 is 6.01 Å². The molecule has 0 saturated carbocycles. The summed E-state index contributed by atoms with van der Waals surface area (Å²) in [5.74, 6) is 0.446. The van der Waals surface area contributed by atoms with Crippen LogP contribution in [0, 0.1) is 0 Å². The second-order valence-electron chi connectivity index (χ2n) is 5.20. The van der Waals surface area contributed by atoms with Gasteiger partial charge in [-0.1, -0.05) is 35.4 Å². The van der Waals surface area contributed by atoms with Gasteiger partial charge in [-0.05, 0) is 32.3 Å². The number of hydrogen-bond acceptors (Lipinski definition) is 5. The summed E-state index contributed by atoms with van der Waals surface area (Å²) in [5, 5.41) is 11.0. The van der Waals surface area contributed by atoms with Crippen molar-refractivity contribution in [1.29, 1.82) is 0 Å². The summed E-state index contributed by atoms with van der Waals surface area (Å²) >= 11 is 0. The molecule has 0 atom stereocenters. The zero-order valence-corrected chi connectivity index (χ0v) is 11.4. The Labute approximate surface area is 113 Å². The number of nitrogens with zero attached hydrogens (tertiary/aromatic N) is 2. The molecule has 3 N–H and O–H groups in total. The van der Waals surface area contributed by atoms with Gasteiger partial charge in [0.25, 0.3) is 0 Å². The summed E-state index contributed by atoms with van der Waals surface area (Å²) in [4.78, 5) is 0. The topological polar surface area (TPSA) is 77.0 Å². The summed E-state index contributed by atoms with van der Waals surface area (Å²) in [6, 6.07) is 10.8. The predicted molar refractivity (Wildman–Crippen MR) is 74.7 cm³/mol. The zero-order valence-electron chi connectivity index (χ0n) is 11.4. The maximum atomic E-state index is 5.44. The number of nitrogens with two attached hydrogens (primary N) is 1. The third kappa shape index (κ3) is 4.06. The first-order valence-electron chi connectivity index (χ1n) is 6.44. The van der Waals surface area contributed by atoms with Crippen LogP contribution in [0.1, 0.15) is 31.7 Å². The Morgan fingerprint density at radius 1 is 1.21 bits per heavy atom. The van der Waals surface area contributed by atoms with E-state index in [1.165, 1.54) is 5.56 Å². The predicted octanol–water partition coefficient (Wildman–Crippen LogP) is 2.35. The Kier molecular flexibility index (Phi) is 4.16. The van der Waals surface area contributed by atoms with Crippen LogP contribution in [0.2, 0.25) is 0 Å². The van der Waals surface area contributed by atoms with E-state index in [0.29, 0.717) is 11.9 Å². The number of aryl methyl sites for hydroxylation is 1. The number of aromatic nitrogens is 2. The average Bonchev–Trinajstić information content (AvgIpc) is 2.85. The third-order valence-corrected chi connectivity index (χ3v) is 2.97. The summed E-state index contributed by atoms with van der Waals surface area (Å²) in [5.41, 5.74) is 6.65. The highest BCUT2D eigenvalue weighted by molar-refractivity contribution is 5.23. The van der Waals surface area contributed by atoms with Gasteiger partial charge in [0.2, 0.25) is 5.89 Å². The Morgan fingerprint density at radius 3 is 2.58 bits per heavy atom. The van der Waals surface area contributed by atoms with Crippen molar-refractivity contribution in [2.24, 2.45) is 5.73 Å². The molecule has 0 amide bonds. The van der Waals surface area contributed by atoms with E-state index < -0.39 is 0 Å². The third-order valence-electron chi connectivity index (χ3n) is 2.97. The van der Waals surface area contributed by atoms with Crippen LogP contribution in [0.25, 0.3) is 0 Å². The molecule has 0 aliphatic carbocycles. The SMILES string of the molecule is CC(C)(CCc1ccccc1)Nc1nnc(CN)o1. The summed E-state index contributed by atoms with van der Waals surface area (Å²) in [6.07, 6.45) is 1.97. The Morgan fingerprint density at radius 2 is 1.95 bits per heavy atom. The van der Waals surface area contributed by atoms with Gasteiger partial charge in [0.05, 0.1) is 6.54 Å². The molecule has 102 valence electrons. The first-order valence-corrected chi connectivity index (χ1v) is 6.44. The quantitative estimate of drug-likeness (QED) is 0.833. The molecule has 1 aromatic carbocycles. The molecule has 0 fully saturated rings. The number of benzene rings is 1. The Hall–Kier alpha value is -1.88. The summed E-state index contributed by atoms with van der Waals surface area (Å²) < 4.78 is 5.36. The molecule has 1 heterocycles. The molecule has 2 aromatic rings. The van der Waals surface area contributed by atoms with Crippen LogP contribution < -0.4 is 11.1 Å². The first-order chi connectivity index (χ1) is 9.09. The van der Waals surface area contributed by atoms with Gasteiger partial charge in [-0.25, -0.2) is 0 Å². The molecule has 19 heavy (non-hydrogen) atoms. The molecular formula is C14H20N4O. The van der Waals surface area contributed by atoms with Gasteiger partial charge in [-0.2, -0.15) is 0 Å². The van der Waals surface area contributed by atoms with Crippen molar-refractivity contribution < 1.29 is 4.42 Å². The van der Waals surface area contributed by atoms with E-state index in [2.05, 4.69) is 53.6 Å². The highest BCUT2D eigenvalue weighted by Gasteiger charge is 2.20. The highest BCUT2D eigenvalue weighted by atomic mass is 16.4. The van der Waals surface area contributed by atoms with Crippen LogP contribution in [-0.4, -0.2) is 15.7 Å². The van der Waals surface area contributed by atoms with Gasteiger partial charge >= 0.3 is 6.01 Å². The molecule has 0 spiro atoms. The van der Waals surface area contributed by atoms with Crippen molar-refractivity contribution in [1.82, 2.24) is 10.2 Å². The lowest BCUT2D eigenvalue weighted by molar-refractivity contribution is 0.461. The second kappa shape index (κ2) is 5.84. The smallest absolute Gasteiger partial charge is 0.315 e. The normalized spacial score (nSPS) is 11.5. The highest BCUT2D eigenvalue weighted by Crippen LogP contribution is 2.19. The van der Waals surface area contributed by atoms with Gasteiger partial charge in [0.1, 0.15) is 0 Å². The second-order valence-corrected chi connectivity index (χ2v) is 5.20. The summed E-state index contributed by atoms with van der Waals surface area (Å²) in [7, 11) is 0. The molecular weight excluding hydrogens is 240 g/mol. The Bertz CT molecular complexity index is 507. The van der Waals surface area contributed by atoms with Crippen LogP contribution in [-0.2, 0) is 13.0 Å². The minimum atomic E-state index is -0.117. The van der Waals surface area contributed by atoms with Gasteiger partial charge in [-0.15, -0.1) is 5.10 Å². The van der Waals surface area contributed by atoms with Crippen molar-refractivity contribution in [3.63, 3.8) is 0 Å². The van der Waals surface area contributed by atoms with Gasteiger partial charge in [0, 0.05) is 5.54 Å². The van der Waals surface area contributed by atoms with Crippen LogP contribution in [0.15, 0.2) is 34.7 Å². The van der Waals surface area contributed by atoms with E-state index in [1.54, 1.807) is 0 Å². The fourth-order valence-corrected chi connectivity index (χ4v) is 1.84. The van der Waals surface area contributed by atoms with Gasteiger partial charge in [-0.3, -0.25) is 0 Å². The molecule has 5 nitrogen and oxygen atoms in total. The van der Waals surface area contributed by atoms with Crippen LogP contribution in [0.4, 0.5) is 6.01 Å². The standard InChI is InChI=1S/C14H20N4O/c1-14(2,9-8-11-6-4-3-5-7-11)16-13-18-17-12(10-15)19-13/h3-7H,8-10,15H2,1-2H3,(H,16,18). The van der Waals surface area contributed by atoms with Crippen LogP contribution >= 0.6 is 0 Å². The Balaban J connectivity index is 1.91. The monoisotopic (exact) mass is 260 g/mol. The molecule has 1 aromatic heterocycles. The molecule has 0 saturated heterocycles. The van der Waals surface area contributed by atoms with Crippen LogP contribution in [0.3, 0.4) is 0 Å². The maximum absolute atomic E-state index is 5.44. The fourth-order valence-electron chi connectivity index (χ4n) is 1.84. The largest absolute Gasteiger partial charge is 0.407 e. The van der Waals surface area contributed by atoms with E-state index in [0.717, 1.165) is 12.8 Å². The van der Waals surface area contributed by atoms with Crippen molar-refractivity contribution in [3.05, 3.63) is 41.8 Å². The minimum absolute atomic E-state index is 0.117. The maximum Gasteiger partial charge on any atom is 0.315 e. The molecule has 5 heteroatoms. The number of anilines is 1. The van der Waals surface area contributed by atoms with E-state index in [9.17, 15) is 0 Å². The van der Waals surface area contributed by atoms with Crippen LogP contribution in [0.5, 0.6) is 0 Å². The number of rotatable bonds is 6. The molecule has 0 unspecified atom stereocenters. The zero-order chi connectivity index (χ0) is 13.7. The van der Waals surface area contributed by atoms with E-state index >= 15 is 0 Å². The molecule has 0 aliphatic heterocycles. The lowest BCUT2D eigenvalue weighted by Crippen LogP contribution is -2.31. The number of nitrogens with one attached hydrogen (secondary N) is 1. The average molecular weight is 260 g/mol. The van der Waals surface area contributed by atoms with E-state index in [4.69, 9.17) is 10.2 Å². The van der Waals surface area contributed by atoms with Gasteiger partial charge < -0.3 is 15.5 Å². The molecule has 0 radical (unpaired) electrons. The van der Waals surface area contributed by atoms with Crippen molar-refractivity contribution in [3.8, 4) is 0 Å². The van der Waals surface area contributed by atoms with Crippen molar-refractivity contribution in [2.75, 3.05) is 5.32 Å². The first kappa shape index (κ1) is 13.5. The minimum Gasteiger partial charge on any atom is -0.407 e. The number of hydrogen-bond donors (Lipinski definition) is 2. The van der Waals surface area contributed by atoms with E-state index in [-0.39, 0.29) is 12.1 Å². The molecule has 0 bridgehead atoms. The lowest BCUT2D eigenvalue weighted by Gasteiger charge is -2.25. The molecule has 2 rings (SSSR count).